The number of hydrogen-bond acceptors (Lipinski definition) is 5. The minimum atomic E-state index is -4.09. The second-order valence-corrected chi connectivity index (χ2v) is 10.9. The average molecular weight is 561 g/mol. The molecule has 0 spiro atoms. The molecule has 1 fully saturated rings. The molecule has 4 rings (SSSR count). The van der Waals surface area contributed by atoms with Crippen LogP contribution < -0.4 is 15.4 Å². The Hall–Kier alpha value is -3.67. The van der Waals surface area contributed by atoms with Crippen molar-refractivity contribution in [2.75, 3.05) is 32.1 Å². The lowest BCUT2D eigenvalue weighted by Gasteiger charge is -2.39. The molecule has 0 saturated carbocycles. The van der Waals surface area contributed by atoms with E-state index in [1.54, 1.807) is 24.3 Å². The Balaban J connectivity index is 1.55. The lowest BCUT2D eigenvalue weighted by atomic mass is 10.1. The average Bonchev–Trinajstić information content (AvgIpc) is 2.93. The standard InChI is InChI=1S/C26H26ClFN4O5S/c1-37-22-4-2-3-18(15-22)16-29-25(33)24-17-31(26(34)30-21-9-7-20(28)8-10-21)13-14-32(24)38(35,36)23-11-5-19(27)6-12-23/h2-12,15,24H,13-14,16-17H2,1H3,(H,29,33)(H,30,34). The predicted molar refractivity (Wildman–Crippen MR) is 141 cm³/mol. The number of hydrogen-bond donors (Lipinski definition) is 2. The highest BCUT2D eigenvalue weighted by molar-refractivity contribution is 7.89. The van der Waals surface area contributed by atoms with Gasteiger partial charge in [-0.1, -0.05) is 23.7 Å². The van der Waals surface area contributed by atoms with Crippen LogP contribution in [0.25, 0.3) is 0 Å². The maximum Gasteiger partial charge on any atom is 0.321 e. The zero-order chi connectivity index (χ0) is 27.3. The van der Waals surface area contributed by atoms with Gasteiger partial charge in [0.1, 0.15) is 17.6 Å². The Bertz CT molecular complexity index is 1400. The van der Waals surface area contributed by atoms with E-state index in [-0.39, 0.29) is 31.1 Å². The summed E-state index contributed by atoms with van der Waals surface area (Å²) in [7, 11) is -2.55. The number of benzene rings is 3. The third-order valence-corrected chi connectivity index (χ3v) is 8.21. The van der Waals surface area contributed by atoms with Crippen molar-refractivity contribution in [1.82, 2.24) is 14.5 Å². The van der Waals surface area contributed by atoms with Gasteiger partial charge in [-0.3, -0.25) is 4.79 Å². The minimum absolute atomic E-state index is 0.0169. The van der Waals surface area contributed by atoms with E-state index in [9.17, 15) is 22.4 Å². The van der Waals surface area contributed by atoms with Crippen LogP contribution in [0.3, 0.4) is 0 Å². The van der Waals surface area contributed by atoms with E-state index in [2.05, 4.69) is 10.6 Å². The van der Waals surface area contributed by atoms with Crippen molar-refractivity contribution in [3.05, 3.63) is 89.2 Å². The number of amides is 3. The largest absolute Gasteiger partial charge is 0.497 e. The third kappa shape index (κ3) is 6.42. The van der Waals surface area contributed by atoms with Crippen LogP contribution in [-0.2, 0) is 21.4 Å². The predicted octanol–water partition coefficient (Wildman–Crippen LogP) is 3.71. The summed E-state index contributed by atoms with van der Waals surface area (Å²) in [6.07, 6.45) is 0. The molecular formula is C26H26ClFN4O5S. The number of sulfonamides is 1. The molecule has 0 bridgehead atoms. The molecule has 1 aliphatic rings. The van der Waals surface area contributed by atoms with Crippen LogP contribution in [0.1, 0.15) is 5.56 Å². The Morgan fingerprint density at radius 1 is 1.05 bits per heavy atom. The van der Waals surface area contributed by atoms with Gasteiger partial charge in [-0.25, -0.2) is 17.6 Å². The van der Waals surface area contributed by atoms with Crippen molar-refractivity contribution < 1.29 is 27.1 Å². The molecule has 0 aromatic heterocycles. The molecule has 0 radical (unpaired) electrons. The monoisotopic (exact) mass is 560 g/mol. The lowest BCUT2D eigenvalue weighted by Crippen LogP contribution is -2.61. The normalized spacial score (nSPS) is 16.1. The summed E-state index contributed by atoms with van der Waals surface area (Å²) < 4.78 is 46.5. The van der Waals surface area contributed by atoms with Crippen LogP contribution in [0.15, 0.2) is 77.7 Å². The summed E-state index contributed by atoms with van der Waals surface area (Å²) in [5.74, 6) is -0.397. The molecule has 1 atom stereocenters. The van der Waals surface area contributed by atoms with Crippen LogP contribution in [0.5, 0.6) is 5.75 Å². The van der Waals surface area contributed by atoms with Crippen molar-refractivity contribution >= 4 is 39.2 Å². The number of carbonyl (C=O) groups is 2. The molecule has 1 saturated heterocycles. The molecule has 1 unspecified atom stereocenters. The molecule has 200 valence electrons. The lowest BCUT2D eigenvalue weighted by molar-refractivity contribution is -0.126. The SMILES string of the molecule is COc1cccc(CNC(=O)C2CN(C(=O)Nc3ccc(F)cc3)CCN2S(=O)(=O)c2ccc(Cl)cc2)c1. The van der Waals surface area contributed by atoms with Crippen molar-refractivity contribution in [2.45, 2.75) is 17.5 Å². The molecule has 9 nitrogen and oxygen atoms in total. The van der Waals surface area contributed by atoms with Gasteiger partial charge in [0.25, 0.3) is 0 Å². The molecule has 38 heavy (non-hydrogen) atoms. The van der Waals surface area contributed by atoms with Gasteiger partial charge in [-0.15, -0.1) is 0 Å². The molecule has 2 N–H and O–H groups in total. The van der Waals surface area contributed by atoms with Crippen LogP contribution in [-0.4, -0.2) is 62.3 Å². The third-order valence-electron chi connectivity index (χ3n) is 6.04. The number of anilines is 1. The summed E-state index contributed by atoms with van der Waals surface area (Å²) in [4.78, 5) is 27.6. The Morgan fingerprint density at radius 2 is 1.76 bits per heavy atom. The molecule has 1 aliphatic heterocycles. The number of halogens is 2. The molecule has 1 heterocycles. The number of urea groups is 1. The van der Waals surface area contributed by atoms with E-state index in [4.69, 9.17) is 16.3 Å². The van der Waals surface area contributed by atoms with E-state index in [1.165, 1.54) is 60.5 Å². The first-order chi connectivity index (χ1) is 18.2. The van der Waals surface area contributed by atoms with E-state index < -0.39 is 33.8 Å². The second kappa shape index (κ2) is 11.8. The Kier molecular flexibility index (Phi) is 8.50. The molecule has 12 heteroatoms. The number of nitrogens with zero attached hydrogens (tertiary/aromatic N) is 2. The number of rotatable bonds is 7. The van der Waals surface area contributed by atoms with Gasteiger partial charge >= 0.3 is 6.03 Å². The number of nitrogens with one attached hydrogen (secondary N) is 2. The molecular weight excluding hydrogens is 535 g/mol. The van der Waals surface area contributed by atoms with Gasteiger partial charge in [0.15, 0.2) is 0 Å². The quantitative estimate of drug-likeness (QED) is 0.458. The first-order valence-electron chi connectivity index (χ1n) is 11.7. The fourth-order valence-electron chi connectivity index (χ4n) is 4.02. The van der Waals surface area contributed by atoms with Gasteiger partial charge in [0.05, 0.1) is 12.0 Å². The summed E-state index contributed by atoms with van der Waals surface area (Å²) in [6.45, 7) is -0.133. The van der Waals surface area contributed by atoms with Crippen LogP contribution >= 0.6 is 11.6 Å². The summed E-state index contributed by atoms with van der Waals surface area (Å²) in [6, 6.07) is 16.3. The van der Waals surface area contributed by atoms with E-state index in [1.807, 2.05) is 0 Å². The summed E-state index contributed by atoms with van der Waals surface area (Å²) in [5, 5.41) is 5.80. The smallest absolute Gasteiger partial charge is 0.321 e. The van der Waals surface area contributed by atoms with Crippen molar-refractivity contribution in [1.29, 1.82) is 0 Å². The van der Waals surface area contributed by atoms with Crippen LogP contribution in [0.4, 0.5) is 14.9 Å². The minimum Gasteiger partial charge on any atom is -0.497 e. The van der Waals surface area contributed by atoms with Crippen LogP contribution in [0.2, 0.25) is 5.02 Å². The zero-order valence-electron chi connectivity index (χ0n) is 20.4. The van der Waals surface area contributed by atoms with Gasteiger partial charge in [0, 0.05) is 36.9 Å². The van der Waals surface area contributed by atoms with Gasteiger partial charge in [-0.05, 0) is 66.2 Å². The Labute approximate surface area is 225 Å². The molecule has 3 aromatic rings. The van der Waals surface area contributed by atoms with E-state index >= 15 is 0 Å². The second-order valence-electron chi connectivity index (χ2n) is 8.54. The highest BCUT2D eigenvalue weighted by Gasteiger charge is 2.41. The topological polar surface area (TPSA) is 108 Å². The maximum atomic E-state index is 13.5. The van der Waals surface area contributed by atoms with Gasteiger partial charge in [0.2, 0.25) is 15.9 Å². The van der Waals surface area contributed by atoms with E-state index in [0.29, 0.717) is 16.5 Å². The molecule has 3 amide bonds. The summed E-state index contributed by atoms with van der Waals surface area (Å²) >= 11 is 5.92. The molecule has 3 aromatic carbocycles. The fourth-order valence-corrected chi connectivity index (χ4v) is 5.72. The molecule has 0 aliphatic carbocycles. The Morgan fingerprint density at radius 3 is 2.45 bits per heavy atom. The number of methoxy groups -OCH3 is 1. The maximum absolute atomic E-state index is 13.5. The van der Waals surface area contributed by atoms with Crippen molar-refractivity contribution in [3.8, 4) is 5.75 Å². The fraction of sp³-hybridized carbons (Fsp3) is 0.231. The number of piperazine rings is 1. The first kappa shape index (κ1) is 27.4. The van der Waals surface area contributed by atoms with E-state index in [0.717, 1.165) is 9.87 Å². The highest BCUT2D eigenvalue weighted by atomic mass is 35.5. The van der Waals surface area contributed by atoms with Crippen molar-refractivity contribution in [2.24, 2.45) is 0 Å². The summed E-state index contributed by atoms with van der Waals surface area (Å²) in [5.41, 5.74) is 1.12. The van der Waals surface area contributed by atoms with Gasteiger partial charge < -0.3 is 20.3 Å². The highest BCUT2D eigenvalue weighted by Crippen LogP contribution is 2.24. The van der Waals surface area contributed by atoms with Gasteiger partial charge in [-0.2, -0.15) is 4.31 Å². The zero-order valence-corrected chi connectivity index (χ0v) is 22.0. The van der Waals surface area contributed by atoms with Crippen LogP contribution in [0, 0.1) is 5.82 Å². The number of ether oxygens (including phenoxy) is 1. The number of carbonyl (C=O) groups excluding carboxylic acids is 2. The van der Waals surface area contributed by atoms with Crippen molar-refractivity contribution in [3.63, 3.8) is 0 Å². The first-order valence-corrected chi connectivity index (χ1v) is 13.5.